The maximum absolute atomic E-state index is 11.7. The van der Waals surface area contributed by atoms with Crippen molar-refractivity contribution in [3.05, 3.63) is 90.0 Å². The number of pyridine rings is 1. The first kappa shape index (κ1) is 17.9. The lowest BCUT2D eigenvalue weighted by atomic mass is 9.99. The molecule has 0 aliphatic heterocycles. The van der Waals surface area contributed by atoms with Crippen LogP contribution < -0.4 is 0 Å². The first-order valence-electron chi connectivity index (χ1n) is 9.48. The molecule has 0 spiro atoms. The van der Waals surface area contributed by atoms with Crippen molar-refractivity contribution < 1.29 is 9.90 Å². The van der Waals surface area contributed by atoms with E-state index in [1.807, 2.05) is 30.3 Å². The van der Waals surface area contributed by atoms with Crippen molar-refractivity contribution in [1.29, 1.82) is 0 Å². The van der Waals surface area contributed by atoms with Crippen LogP contribution in [0.5, 0.6) is 0 Å². The number of hydrogen-bond donors (Lipinski definition) is 1. The van der Waals surface area contributed by atoms with Crippen LogP contribution in [0.3, 0.4) is 0 Å². The summed E-state index contributed by atoms with van der Waals surface area (Å²) >= 11 is 0. The number of nitrogens with zero attached hydrogens (tertiary/aromatic N) is 1. The molecule has 0 radical (unpaired) electrons. The van der Waals surface area contributed by atoms with E-state index in [-0.39, 0.29) is 5.56 Å². The molecule has 0 fully saturated rings. The Labute approximate surface area is 164 Å². The van der Waals surface area contributed by atoms with Gasteiger partial charge in [-0.3, -0.25) is 0 Å². The minimum Gasteiger partial charge on any atom is -0.478 e. The molecule has 0 saturated carbocycles. The normalized spacial score (nSPS) is 10.9. The lowest BCUT2D eigenvalue weighted by molar-refractivity contribution is 0.0699. The van der Waals surface area contributed by atoms with Gasteiger partial charge in [-0.15, -0.1) is 0 Å². The van der Waals surface area contributed by atoms with Gasteiger partial charge in [0.15, 0.2) is 0 Å². The molecule has 1 N–H and O–H groups in total. The van der Waals surface area contributed by atoms with Gasteiger partial charge in [0.2, 0.25) is 0 Å². The molecule has 3 nitrogen and oxygen atoms in total. The number of carboxylic acids is 1. The fourth-order valence-electron chi connectivity index (χ4n) is 3.49. The third kappa shape index (κ3) is 3.52. The summed E-state index contributed by atoms with van der Waals surface area (Å²) in [7, 11) is 0. The van der Waals surface area contributed by atoms with Gasteiger partial charge < -0.3 is 5.11 Å². The van der Waals surface area contributed by atoms with Gasteiger partial charge in [-0.1, -0.05) is 80.1 Å². The number of aromatic carboxylic acids is 1. The maximum Gasteiger partial charge on any atom is 0.336 e. The minimum absolute atomic E-state index is 0.274. The van der Waals surface area contributed by atoms with Crippen molar-refractivity contribution in [1.82, 2.24) is 4.98 Å². The number of carbonyl (C=O) groups is 1. The van der Waals surface area contributed by atoms with E-state index in [1.165, 1.54) is 11.1 Å². The predicted molar refractivity (Wildman–Crippen MR) is 114 cm³/mol. The van der Waals surface area contributed by atoms with E-state index in [9.17, 15) is 9.90 Å². The van der Waals surface area contributed by atoms with Gasteiger partial charge >= 0.3 is 5.97 Å². The SMILES string of the molecule is CCCc1ccc(-c2ccc(-c3cc(C(=O)O)c4ccccc4n3)cc2)cc1. The first-order valence-corrected chi connectivity index (χ1v) is 9.48. The summed E-state index contributed by atoms with van der Waals surface area (Å²) in [4.78, 5) is 16.3. The van der Waals surface area contributed by atoms with E-state index in [4.69, 9.17) is 0 Å². The smallest absolute Gasteiger partial charge is 0.336 e. The molecular weight excluding hydrogens is 346 g/mol. The van der Waals surface area contributed by atoms with Crippen LogP contribution in [0.25, 0.3) is 33.3 Å². The minimum atomic E-state index is -0.941. The zero-order chi connectivity index (χ0) is 19.5. The van der Waals surface area contributed by atoms with Gasteiger partial charge in [0.05, 0.1) is 16.8 Å². The summed E-state index contributed by atoms with van der Waals surface area (Å²) in [5.41, 5.74) is 6.18. The van der Waals surface area contributed by atoms with E-state index in [2.05, 4.69) is 48.3 Å². The molecular formula is C25H21NO2. The Hall–Kier alpha value is -3.46. The highest BCUT2D eigenvalue weighted by Gasteiger charge is 2.12. The van der Waals surface area contributed by atoms with Crippen LogP contribution in [-0.4, -0.2) is 16.1 Å². The van der Waals surface area contributed by atoms with Crippen molar-refractivity contribution in [2.24, 2.45) is 0 Å². The third-order valence-electron chi connectivity index (χ3n) is 4.95. The predicted octanol–water partition coefficient (Wildman–Crippen LogP) is 6.22. The molecule has 0 atom stereocenters. The summed E-state index contributed by atoms with van der Waals surface area (Å²) in [6.07, 6.45) is 2.24. The molecule has 0 aliphatic carbocycles. The number of fused-ring (bicyclic) bond motifs is 1. The summed E-state index contributed by atoms with van der Waals surface area (Å²) in [5, 5.41) is 10.2. The van der Waals surface area contributed by atoms with Crippen molar-refractivity contribution in [3.8, 4) is 22.4 Å². The molecule has 3 aromatic carbocycles. The van der Waals surface area contributed by atoms with Crippen LogP contribution in [-0.2, 0) is 6.42 Å². The van der Waals surface area contributed by atoms with Crippen LogP contribution in [0.1, 0.15) is 29.3 Å². The monoisotopic (exact) mass is 367 g/mol. The van der Waals surface area contributed by atoms with Gasteiger partial charge in [0.1, 0.15) is 0 Å². The highest BCUT2D eigenvalue weighted by atomic mass is 16.4. The Bertz CT molecular complexity index is 1130. The van der Waals surface area contributed by atoms with Crippen LogP contribution in [0.2, 0.25) is 0 Å². The Morgan fingerprint density at radius 3 is 2.11 bits per heavy atom. The fraction of sp³-hybridized carbons (Fsp3) is 0.120. The number of benzene rings is 3. The number of aromatic nitrogens is 1. The molecule has 0 amide bonds. The van der Waals surface area contributed by atoms with Crippen LogP contribution in [0, 0.1) is 0 Å². The second kappa shape index (κ2) is 7.65. The number of rotatable bonds is 5. The Morgan fingerprint density at radius 1 is 0.857 bits per heavy atom. The van der Waals surface area contributed by atoms with Crippen LogP contribution >= 0.6 is 0 Å². The molecule has 4 rings (SSSR count). The van der Waals surface area contributed by atoms with Crippen molar-refractivity contribution >= 4 is 16.9 Å². The maximum atomic E-state index is 11.7. The van der Waals surface area contributed by atoms with E-state index in [1.54, 1.807) is 12.1 Å². The van der Waals surface area contributed by atoms with Gasteiger partial charge in [-0.2, -0.15) is 0 Å². The van der Waals surface area contributed by atoms with Gasteiger partial charge in [0.25, 0.3) is 0 Å². The largest absolute Gasteiger partial charge is 0.478 e. The van der Waals surface area contributed by atoms with Crippen molar-refractivity contribution in [2.45, 2.75) is 19.8 Å². The highest BCUT2D eigenvalue weighted by molar-refractivity contribution is 6.03. The first-order chi connectivity index (χ1) is 13.7. The number of para-hydroxylation sites is 1. The zero-order valence-electron chi connectivity index (χ0n) is 15.7. The second-order valence-corrected chi connectivity index (χ2v) is 6.90. The Morgan fingerprint density at radius 2 is 1.46 bits per heavy atom. The molecule has 1 heterocycles. The molecule has 1 aromatic heterocycles. The van der Waals surface area contributed by atoms with E-state index in [0.29, 0.717) is 16.6 Å². The number of carboxylic acid groups (broad SMARTS) is 1. The fourth-order valence-corrected chi connectivity index (χ4v) is 3.49. The molecule has 138 valence electrons. The van der Waals surface area contributed by atoms with Gasteiger partial charge in [0, 0.05) is 10.9 Å². The lowest BCUT2D eigenvalue weighted by Crippen LogP contribution is -2.00. The van der Waals surface area contributed by atoms with Gasteiger partial charge in [-0.25, -0.2) is 9.78 Å². The molecule has 0 saturated heterocycles. The molecule has 28 heavy (non-hydrogen) atoms. The lowest BCUT2D eigenvalue weighted by Gasteiger charge is -2.08. The zero-order valence-corrected chi connectivity index (χ0v) is 15.7. The standard InChI is InChI=1S/C25H21NO2/c1-2-5-17-8-10-18(11-9-17)19-12-14-20(15-13-19)24-16-22(25(27)28)21-6-3-4-7-23(21)26-24/h3-4,6-16H,2,5H2,1H3,(H,27,28). The quantitative estimate of drug-likeness (QED) is 0.455. The third-order valence-corrected chi connectivity index (χ3v) is 4.95. The van der Waals surface area contributed by atoms with E-state index < -0.39 is 5.97 Å². The van der Waals surface area contributed by atoms with Gasteiger partial charge in [-0.05, 0) is 35.2 Å². The number of aryl methyl sites for hydroxylation is 1. The molecule has 3 heteroatoms. The van der Waals surface area contributed by atoms with Crippen LogP contribution in [0.4, 0.5) is 0 Å². The van der Waals surface area contributed by atoms with Crippen molar-refractivity contribution in [2.75, 3.05) is 0 Å². The topological polar surface area (TPSA) is 50.2 Å². The van der Waals surface area contributed by atoms with Crippen molar-refractivity contribution in [3.63, 3.8) is 0 Å². The number of hydrogen-bond acceptors (Lipinski definition) is 2. The molecule has 0 bridgehead atoms. The summed E-state index contributed by atoms with van der Waals surface area (Å²) in [5.74, 6) is -0.941. The summed E-state index contributed by atoms with van der Waals surface area (Å²) < 4.78 is 0. The van der Waals surface area contributed by atoms with E-state index >= 15 is 0 Å². The average Bonchev–Trinajstić information content (AvgIpc) is 2.74. The average molecular weight is 367 g/mol. The molecule has 4 aromatic rings. The molecule has 0 unspecified atom stereocenters. The highest BCUT2D eigenvalue weighted by Crippen LogP contribution is 2.27. The Kier molecular flexibility index (Phi) is 4.90. The second-order valence-electron chi connectivity index (χ2n) is 6.90. The summed E-state index contributed by atoms with van der Waals surface area (Å²) in [6, 6.07) is 25.8. The van der Waals surface area contributed by atoms with Crippen LogP contribution in [0.15, 0.2) is 78.9 Å². The Balaban J connectivity index is 1.70. The van der Waals surface area contributed by atoms with E-state index in [0.717, 1.165) is 24.0 Å². The summed E-state index contributed by atoms with van der Waals surface area (Å²) in [6.45, 7) is 2.18. The molecule has 0 aliphatic rings.